The van der Waals surface area contributed by atoms with E-state index in [0.29, 0.717) is 17.2 Å². The van der Waals surface area contributed by atoms with E-state index in [1.54, 1.807) is 0 Å². The van der Waals surface area contributed by atoms with Crippen LogP contribution in [0.15, 0.2) is 34.5 Å². The number of hydrogen-bond donors (Lipinski definition) is 1. The summed E-state index contributed by atoms with van der Waals surface area (Å²) in [4.78, 5) is 24.8. The van der Waals surface area contributed by atoms with Crippen LogP contribution in [0, 0.1) is 0 Å². The number of methoxy groups -OCH3 is 4. The molecule has 2 rings (SSSR count). The standard InChI is InChI=1S/C20H21Cl2N3O6/c1-10(26)18(25-24-11-6-15(29-3)17(22)16(7-11)30-4)20(27)23-14-9-12(28-2)8-13(21)19(14)31-5/h6-9,18H,1-5H3,(H,23,27). The third kappa shape index (κ3) is 5.77. The number of nitrogens with one attached hydrogen (secondary N) is 1. The number of hydrogen-bond acceptors (Lipinski definition) is 8. The fourth-order valence-electron chi connectivity index (χ4n) is 2.54. The predicted molar refractivity (Wildman–Crippen MR) is 117 cm³/mol. The van der Waals surface area contributed by atoms with E-state index in [0.717, 1.165) is 0 Å². The SMILES string of the molecule is COc1cc(Cl)c(OC)c(NC(=O)C(N=Nc2cc(OC)c(Cl)c(OC)c2)C(C)=O)c1. The Kier molecular flexibility index (Phi) is 8.47. The minimum absolute atomic E-state index is 0.210. The molecule has 0 aliphatic heterocycles. The maximum atomic E-state index is 12.8. The van der Waals surface area contributed by atoms with Crippen molar-refractivity contribution < 1.29 is 28.5 Å². The van der Waals surface area contributed by atoms with E-state index in [2.05, 4.69) is 15.5 Å². The number of ketones is 1. The monoisotopic (exact) mass is 469 g/mol. The van der Waals surface area contributed by atoms with Gasteiger partial charge in [-0.1, -0.05) is 23.2 Å². The molecule has 0 bridgehead atoms. The van der Waals surface area contributed by atoms with Crippen LogP contribution in [-0.2, 0) is 9.59 Å². The molecule has 0 saturated carbocycles. The Morgan fingerprint density at radius 2 is 1.55 bits per heavy atom. The third-order valence-corrected chi connectivity index (χ3v) is 4.72. The molecule has 11 heteroatoms. The molecule has 166 valence electrons. The first-order valence-electron chi connectivity index (χ1n) is 8.80. The van der Waals surface area contributed by atoms with E-state index in [-0.39, 0.29) is 27.2 Å². The minimum Gasteiger partial charge on any atom is -0.497 e. The van der Waals surface area contributed by atoms with Gasteiger partial charge in [-0.2, -0.15) is 10.2 Å². The molecule has 0 saturated heterocycles. The highest BCUT2D eigenvalue weighted by Gasteiger charge is 2.25. The van der Waals surface area contributed by atoms with Gasteiger partial charge >= 0.3 is 0 Å². The van der Waals surface area contributed by atoms with Crippen LogP contribution in [0.1, 0.15) is 6.92 Å². The Morgan fingerprint density at radius 3 is 2.03 bits per heavy atom. The number of benzene rings is 2. The topological polar surface area (TPSA) is 108 Å². The maximum absolute atomic E-state index is 12.8. The fraction of sp³-hybridized carbons (Fsp3) is 0.300. The van der Waals surface area contributed by atoms with Gasteiger partial charge in [-0.05, 0) is 6.92 Å². The molecule has 0 aromatic heterocycles. The van der Waals surface area contributed by atoms with Crippen LogP contribution >= 0.6 is 23.2 Å². The van der Waals surface area contributed by atoms with Crippen molar-refractivity contribution >= 4 is 46.3 Å². The van der Waals surface area contributed by atoms with E-state index in [4.69, 9.17) is 42.1 Å². The number of nitrogens with zero attached hydrogens (tertiary/aromatic N) is 2. The van der Waals surface area contributed by atoms with Gasteiger partial charge in [0.05, 0.1) is 44.8 Å². The molecule has 1 N–H and O–H groups in total. The van der Waals surface area contributed by atoms with Crippen LogP contribution in [0.5, 0.6) is 23.0 Å². The molecule has 1 amide bonds. The second-order valence-corrected chi connectivity index (χ2v) is 6.86. The van der Waals surface area contributed by atoms with Crippen molar-refractivity contribution in [2.75, 3.05) is 33.8 Å². The molecule has 2 aromatic carbocycles. The van der Waals surface area contributed by atoms with Crippen LogP contribution in [0.4, 0.5) is 11.4 Å². The second-order valence-electron chi connectivity index (χ2n) is 6.07. The molecule has 9 nitrogen and oxygen atoms in total. The Bertz CT molecular complexity index is 988. The summed E-state index contributed by atoms with van der Waals surface area (Å²) in [6.07, 6.45) is 0. The first kappa shape index (κ1) is 24.2. The van der Waals surface area contributed by atoms with Crippen molar-refractivity contribution in [2.45, 2.75) is 13.0 Å². The Morgan fingerprint density at radius 1 is 0.935 bits per heavy atom. The van der Waals surface area contributed by atoms with Crippen molar-refractivity contribution in [1.29, 1.82) is 0 Å². The number of carbonyl (C=O) groups excluding carboxylic acids is 2. The number of halogens is 2. The normalized spacial score (nSPS) is 11.7. The van der Waals surface area contributed by atoms with Crippen LogP contribution < -0.4 is 24.3 Å². The lowest BCUT2D eigenvalue weighted by atomic mass is 10.2. The quantitative estimate of drug-likeness (QED) is 0.420. The number of azo groups is 1. The maximum Gasteiger partial charge on any atom is 0.258 e. The van der Waals surface area contributed by atoms with Crippen molar-refractivity contribution in [3.05, 3.63) is 34.3 Å². The Balaban J connectivity index is 2.35. The van der Waals surface area contributed by atoms with Crippen molar-refractivity contribution in [3.63, 3.8) is 0 Å². The minimum atomic E-state index is -1.43. The summed E-state index contributed by atoms with van der Waals surface area (Å²) in [6.45, 7) is 1.22. The average molecular weight is 470 g/mol. The zero-order valence-corrected chi connectivity index (χ0v) is 19.0. The number of anilines is 1. The molecule has 0 fully saturated rings. The van der Waals surface area contributed by atoms with Gasteiger partial charge in [-0.25, -0.2) is 0 Å². The highest BCUT2D eigenvalue weighted by molar-refractivity contribution is 6.33. The van der Waals surface area contributed by atoms with Gasteiger partial charge in [0.15, 0.2) is 11.5 Å². The first-order valence-corrected chi connectivity index (χ1v) is 9.56. The Hall–Kier alpha value is -3.04. The van der Waals surface area contributed by atoms with E-state index in [1.807, 2.05) is 0 Å². The van der Waals surface area contributed by atoms with Crippen molar-refractivity contribution in [2.24, 2.45) is 10.2 Å². The Labute approximate surface area is 189 Å². The van der Waals surface area contributed by atoms with Gasteiger partial charge < -0.3 is 24.3 Å². The number of Topliss-reactive ketones (excluding diaryl/α,β-unsaturated/α-hetero) is 1. The summed E-state index contributed by atoms with van der Waals surface area (Å²) in [5.41, 5.74) is 0.493. The number of carbonyl (C=O) groups is 2. The summed E-state index contributed by atoms with van der Waals surface area (Å²) in [5.74, 6) is -0.0531. The number of rotatable bonds is 9. The van der Waals surface area contributed by atoms with Crippen LogP contribution in [0.25, 0.3) is 0 Å². The fourth-order valence-corrected chi connectivity index (χ4v) is 3.09. The molecule has 1 atom stereocenters. The molecule has 0 aliphatic rings. The van der Waals surface area contributed by atoms with Gasteiger partial charge in [-0.15, -0.1) is 0 Å². The largest absolute Gasteiger partial charge is 0.497 e. The molecule has 0 heterocycles. The lowest BCUT2D eigenvalue weighted by molar-refractivity contribution is -0.126. The molecule has 0 radical (unpaired) electrons. The molecule has 2 aromatic rings. The van der Waals surface area contributed by atoms with Gasteiger partial charge in [0.2, 0.25) is 6.04 Å². The lowest BCUT2D eigenvalue weighted by Gasteiger charge is -2.15. The van der Waals surface area contributed by atoms with Crippen molar-refractivity contribution in [3.8, 4) is 23.0 Å². The van der Waals surface area contributed by atoms with Gasteiger partial charge in [-0.3, -0.25) is 9.59 Å². The summed E-state index contributed by atoms with van der Waals surface area (Å²) < 4.78 is 20.7. The highest BCUT2D eigenvalue weighted by atomic mass is 35.5. The molecule has 31 heavy (non-hydrogen) atoms. The predicted octanol–water partition coefficient (Wildman–Crippen LogP) is 4.71. The summed E-state index contributed by atoms with van der Waals surface area (Å²) in [5, 5.41) is 10.9. The van der Waals surface area contributed by atoms with E-state index in [1.165, 1.54) is 59.6 Å². The summed E-state index contributed by atoms with van der Waals surface area (Å²) in [6, 6.07) is 4.59. The molecular weight excluding hydrogens is 449 g/mol. The molecular formula is C20H21Cl2N3O6. The molecule has 0 aliphatic carbocycles. The smallest absolute Gasteiger partial charge is 0.258 e. The average Bonchev–Trinajstić information content (AvgIpc) is 2.74. The van der Waals surface area contributed by atoms with Crippen LogP contribution in [-0.4, -0.2) is 46.2 Å². The van der Waals surface area contributed by atoms with Gasteiger partial charge in [0.1, 0.15) is 22.3 Å². The van der Waals surface area contributed by atoms with E-state index < -0.39 is 17.7 Å². The zero-order chi connectivity index (χ0) is 23.1. The summed E-state index contributed by atoms with van der Waals surface area (Å²) >= 11 is 12.3. The lowest BCUT2D eigenvalue weighted by Crippen LogP contribution is -2.32. The highest BCUT2D eigenvalue weighted by Crippen LogP contribution is 2.39. The van der Waals surface area contributed by atoms with Crippen LogP contribution in [0.3, 0.4) is 0 Å². The van der Waals surface area contributed by atoms with Crippen LogP contribution in [0.2, 0.25) is 10.0 Å². The zero-order valence-electron chi connectivity index (χ0n) is 17.5. The van der Waals surface area contributed by atoms with E-state index >= 15 is 0 Å². The molecule has 0 spiro atoms. The summed E-state index contributed by atoms with van der Waals surface area (Å²) in [7, 11) is 5.71. The third-order valence-electron chi connectivity index (χ3n) is 4.07. The molecule has 1 unspecified atom stereocenters. The number of amides is 1. The van der Waals surface area contributed by atoms with E-state index in [9.17, 15) is 9.59 Å². The second kappa shape index (κ2) is 10.8. The first-order chi connectivity index (χ1) is 14.7. The van der Waals surface area contributed by atoms with Gasteiger partial charge in [0, 0.05) is 24.3 Å². The van der Waals surface area contributed by atoms with Crippen molar-refractivity contribution in [1.82, 2.24) is 0 Å². The number of ether oxygens (including phenoxy) is 4. The van der Waals surface area contributed by atoms with Gasteiger partial charge in [0.25, 0.3) is 5.91 Å².